The third-order valence-electron chi connectivity index (χ3n) is 3.48. The molecule has 1 aliphatic rings. The fourth-order valence-corrected chi connectivity index (χ4v) is 2.48. The summed E-state index contributed by atoms with van der Waals surface area (Å²) in [4.78, 5) is 21.7. The van der Waals surface area contributed by atoms with Gasteiger partial charge in [-0.2, -0.15) is 0 Å². The maximum atomic E-state index is 11.5. The van der Waals surface area contributed by atoms with Crippen LogP contribution in [0.3, 0.4) is 0 Å². The van der Waals surface area contributed by atoms with Gasteiger partial charge in [0.2, 0.25) is 11.2 Å². The number of halogens is 1. The molecule has 1 aromatic heterocycles. The summed E-state index contributed by atoms with van der Waals surface area (Å²) in [6, 6.07) is 0. The number of nitrogens with zero attached hydrogens (tertiary/aromatic N) is 3. The van der Waals surface area contributed by atoms with E-state index >= 15 is 0 Å². The maximum absolute atomic E-state index is 11.5. The summed E-state index contributed by atoms with van der Waals surface area (Å²) < 4.78 is 0. The third kappa shape index (κ3) is 3.82. The molecule has 6 heteroatoms. The number of amides is 1. The average molecular weight is 297 g/mol. The molecule has 0 bridgehead atoms. The average Bonchev–Trinajstić information content (AvgIpc) is 2.80. The number of nitrogens with one attached hydrogen (secondary N) is 1. The molecule has 2 rings (SSSR count). The molecule has 0 unspecified atom stereocenters. The molecule has 110 valence electrons. The summed E-state index contributed by atoms with van der Waals surface area (Å²) in [6.45, 7) is 6.68. The normalized spacial score (nSPS) is 15.2. The molecule has 20 heavy (non-hydrogen) atoms. The number of rotatable bonds is 6. The molecule has 1 amide bonds. The van der Waals surface area contributed by atoms with Crippen molar-refractivity contribution in [2.24, 2.45) is 0 Å². The van der Waals surface area contributed by atoms with Crippen LogP contribution in [0, 0.1) is 0 Å². The summed E-state index contributed by atoms with van der Waals surface area (Å²) in [5, 5.41) is 3.56. The fraction of sp³-hybridized carbons (Fsp3) is 0.643. The Morgan fingerprint density at radius 1 is 1.50 bits per heavy atom. The van der Waals surface area contributed by atoms with Crippen molar-refractivity contribution in [3.8, 4) is 0 Å². The Balaban J connectivity index is 1.84. The van der Waals surface area contributed by atoms with Crippen molar-refractivity contribution >= 4 is 23.3 Å². The summed E-state index contributed by atoms with van der Waals surface area (Å²) in [5.41, 5.74) is 1.06. The highest BCUT2D eigenvalue weighted by molar-refractivity contribution is 6.28. The molecule has 0 spiro atoms. The van der Waals surface area contributed by atoms with Gasteiger partial charge in [-0.25, -0.2) is 9.97 Å². The van der Waals surface area contributed by atoms with E-state index in [2.05, 4.69) is 29.1 Å². The Morgan fingerprint density at radius 2 is 2.30 bits per heavy atom. The second-order valence-electron chi connectivity index (χ2n) is 5.36. The topological polar surface area (TPSA) is 58.1 Å². The van der Waals surface area contributed by atoms with E-state index in [1.54, 1.807) is 6.20 Å². The first-order chi connectivity index (χ1) is 9.58. The zero-order chi connectivity index (χ0) is 14.5. The lowest BCUT2D eigenvalue weighted by atomic mass is 10.1. The van der Waals surface area contributed by atoms with Crippen molar-refractivity contribution in [3.63, 3.8) is 0 Å². The van der Waals surface area contributed by atoms with Crippen molar-refractivity contribution in [1.29, 1.82) is 0 Å². The van der Waals surface area contributed by atoms with E-state index in [0.717, 1.165) is 43.9 Å². The highest BCUT2D eigenvalue weighted by Crippen LogP contribution is 2.22. The first kappa shape index (κ1) is 15.0. The lowest BCUT2D eigenvalue weighted by Gasteiger charge is -2.17. The second kappa shape index (κ2) is 6.88. The number of hydrogen-bond acceptors (Lipinski definition) is 4. The molecule has 1 aromatic rings. The number of carbonyl (C=O) groups is 1. The van der Waals surface area contributed by atoms with E-state index in [0.29, 0.717) is 12.3 Å². The molecule has 1 fully saturated rings. The largest absolute Gasteiger partial charge is 0.370 e. The Bertz CT molecular complexity index is 478. The number of aromatic nitrogens is 2. The van der Waals surface area contributed by atoms with Gasteiger partial charge < -0.3 is 10.2 Å². The smallest absolute Gasteiger partial charge is 0.224 e. The lowest BCUT2D eigenvalue weighted by molar-refractivity contribution is -0.127. The number of hydrogen-bond donors (Lipinski definition) is 1. The van der Waals surface area contributed by atoms with E-state index in [9.17, 15) is 4.79 Å². The van der Waals surface area contributed by atoms with Gasteiger partial charge in [-0.3, -0.25) is 4.79 Å². The first-order valence-electron chi connectivity index (χ1n) is 7.12. The van der Waals surface area contributed by atoms with Gasteiger partial charge in [-0.15, -0.1) is 0 Å². The van der Waals surface area contributed by atoms with E-state index < -0.39 is 0 Å². The van der Waals surface area contributed by atoms with Gasteiger partial charge in [0.25, 0.3) is 0 Å². The molecule has 5 nitrogen and oxygen atoms in total. The number of anilines is 1. The van der Waals surface area contributed by atoms with E-state index in [1.807, 2.05) is 4.90 Å². The summed E-state index contributed by atoms with van der Waals surface area (Å²) in [7, 11) is 0. The maximum Gasteiger partial charge on any atom is 0.224 e. The predicted molar refractivity (Wildman–Crippen MR) is 80.1 cm³/mol. The van der Waals surface area contributed by atoms with Crippen molar-refractivity contribution < 1.29 is 4.79 Å². The van der Waals surface area contributed by atoms with Crippen LogP contribution in [0.15, 0.2) is 6.20 Å². The van der Waals surface area contributed by atoms with Crippen molar-refractivity contribution in [1.82, 2.24) is 14.9 Å². The molecule has 0 atom stereocenters. The molecule has 0 aliphatic carbocycles. The summed E-state index contributed by atoms with van der Waals surface area (Å²) in [5.74, 6) is 1.42. The highest BCUT2D eigenvalue weighted by Gasteiger charge is 2.19. The molecule has 1 saturated heterocycles. The van der Waals surface area contributed by atoms with Crippen LogP contribution in [-0.2, 0) is 4.79 Å². The van der Waals surface area contributed by atoms with Crippen molar-refractivity contribution in [3.05, 3.63) is 17.0 Å². The Morgan fingerprint density at radius 3 is 2.95 bits per heavy atom. The van der Waals surface area contributed by atoms with Gasteiger partial charge in [0.15, 0.2) is 0 Å². The molecular formula is C14H21ClN4O. The number of likely N-dealkylation sites (tertiary alicyclic amines) is 1. The van der Waals surface area contributed by atoms with Crippen LogP contribution >= 0.6 is 11.6 Å². The van der Waals surface area contributed by atoms with Gasteiger partial charge in [0.1, 0.15) is 5.82 Å². The SMILES string of the molecule is CC(C)c1cnc(Cl)nc1NCCCN1CCCC1=O. The van der Waals surface area contributed by atoms with E-state index in [-0.39, 0.29) is 11.2 Å². The van der Waals surface area contributed by atoms with Gasteiger partial charge in [0.05, 0.1) is 0 Å². The highest BCUT2D eigenvalue weighted by atomic mass is 35.5. The van der Waals surface area contributed by atoms with Gasteiger partial charge in [0, 0.05) is 37.8 Å². The number of carbonyl (C=O) groups excluding carboxylic acids is 1. The van der Waals surface area contributed by atoms with Gasteiger partial charge in [-0.05, 0) is 30.4 Å². The monoisotopic (exact) mass is 296 g/mol. The van der Waals surface area contributed by atoms with Crippen molar-refractivity contribution in [2.75, 3.05) is 25.0 Å². The van der Waals surface area contributed by atoms with Gasteiger partial charge in [-0.1, -0.05) is 13.8 Å². The molecule has 1 N–H and O–H groups in total. The third-order valence-corrected chi connectivity index (χ3v) is 3.66. The first-order valence-corrected chi connectivity index (χ1v) is 7.50. The molecule has 0 saturated carbocycles. The predicted octanol–water partition coefficient (Wildman–Crippen LogP) is 2.68. The lowest BCUT2D eigenvalue weighted by Crippen LogP contribution is -2.27. The minimum Gasteiger partial charge on any atom is -0.370 e. The van der Waals surface area contributed by atoms with E-state index in [4.69, 9.17) is 11.6 Å². The zero-order valence-corrected chi connectivity index (χ0v) is 12.8. The minimum atomic E-state index is 0.256. The Kier molecular flexibility index (Phi) is 5.17. The quantitative estimate of drug-likeness (QED) is 0.648. The van der Waals surface area contributed by atoms with Crippen LogP contribution in [0.25, 0.3) is 0 Å². The molecule has 1 aliphatic heterocycles. The summed E-state index contributed by atoms with van der Waals surface area (Å²) >= 11 is 5.84. The van der Waals surface area contributed by atoms with Crippen LogP contribution in [-0.4, -0.2) is 40.4 Å². The Labute approximate surface area is 124 Å². The fourth-order valence-electron chi connectivity index (χ4n) is 2.35. The molecule has 2 heterocycles. The zero-order valence-electron chi connectivity index (χ0n) is 12.0. The molecular weight excluding hydrogens is 276 g/mol. The van der Waals surface area contributed by atoms with Crippen LogP contribution in [0.5, 0.6) is 0 Å². The minimum absolute atomic E-state index is 0.256. The van der Waals surface area contributed by atoms with Crippen LogP contribution in [0.4, 0.5) is 5.82 Å². The molecule has 0 radical (unpaired) electrons. The molecule has 0 aromatic carbocycles. The Hall–Kier alpha value is -1.36. The standard InChI is InChI=1S/C14H21ClN4O/c1-10(2)11-9-17-14(15)18-13(11)16-6-4-8-19-7-3-5-12(19)20/h9-10H,3-8H2,1-2H3,(H,16,17,18). The van der Waals surface area contributed by atoms with Crippen LogP contribution in [0.1, 0.15) is 44.6 Å². The van der Waals surface area contributed by atoms with Crippen LogP contribution in [0.2, 0.25) is 5.28 Å². The van der Waals surface area contributed by atoms with Gasteiger partial charge >= 0.3 is 0 Å². The second-order valence-corrected chi connectivity index (χ2v) is 5.70. The summed E-state index contributed by atoms with van der Waals surface area (Å²) in [6.07, 6.45) is 4.37. The van der Waals surface area contributed by atoms with Crippen LogP contribution < -0.4 is 5.32 Å². The van der Waals surface area contributed by atoms with Crippen molar-refractivity contribution in [2.45, 2.75) is 39.0 Å². The van der Waals surface area contributed by atoms with E-state index in [1.165, 1.54) is 0 Å².